The summed E-state index contributed by atoms with van der Waals surface area (Å²) in [7, 11) is 3.65. The lowest BCUT2D eigenvalue weighted by Gasteiger charge is -2.16. The molecule has 1 aromatic carbocycles. The zero-order valence-corrected chi connectivity index (χ0v) is 13.3. The molecule has 0 bridgehead atoms. The summed E-state index contributed by atoms with van der Waals surface area (Å²) < 4.78 is 3.40. The quantitative estimate of drug-likeness (QED) is 0.724. The second-order valence-corrected chi connectivity index (χ2v) is 5.54. The van der Waals surface area contributed by atoms with Crippen molar-refractivity contribution >= 4 is 5.91 Å². The molecule has 0 saturated carbocycles. The monoisotopic (exact) mass is 309 g/mol. The Bertz CT molecular complexity index is 790. The van der Waals surface area contributed by atoms with Crippen LogP contribution < -0.4 is 0 Å². The maximum Gasteiger partial charge on any atom is 0.244 e. The molecule has 0 radical (unpaired) electrons. The van der Waals surface area contributed by atoms with Gasteiger partial charge < -0.3 is 4.90 Å². The topological polar surface area (TPSA) is 56.0 Å². The summed E-state index contributed by atoms with van der Waals surface area (Å²) in [5, 5.41) is 8.58. The number of carbonyl (C=O) groups is 1. The van der Waals surface area contributed by atoms with E-state index in [1.54, 1.807) is 27.5 Å². The largest absolute Gasteiger partial charge is 0.340 e. The van der Waals surface area contributed by atoms with Gasteiger partial charge in [0.15, 0.2) is 0 Å². The Balaban J connectivity index is 1.63. The van der Waals surface area contributed by atoms with Crippen LogP contribution in [0.1, 0.15) is 5.56 Å². The number of rotatable bonds is 5. The molecule has 2 aromatic heterocycles. The molecule has 1 amide bonds. The number of nitrogens with zero attached hydrogens (tertiary/aromatic N) is 5. The lowest BCUT2D eigenvalue weighted by Crippen LogP contribution is -2.29. The number of likely N-dealkylation sites (N-methyl/N-ethyl adjacent to an activating group) is 1. The minimum Gasteiger partial charge on any atom is -0.340 e. The van der Waals surface area contributed by atoms with Crippen molar-refractivity contribution in [2.75, 3.05) is 7.05 Å². The smallest absolute Gasteiger partial charge is 0.244 e. The Morgan fingerprint density at radius 1 is 1.22 bits per heavy atom. The number of carbonyl (C=O) groups excluding carboxylic acids is 1. The van der Waals surface area contributed by atoms with Crippen LogP contribution in [-0.4, -0.2) is 37.4 Å². The predicted molar refractivity (Wildman–Crippen MR) is 87.3 cm³/mol. The first-order valence-electron chi connectivity index (χ1n) is 7.42. The molecule has 0 atom stereocenters. The predicted octanol–water partition coefficient (Wildman–Crippen LogP) is 1.94. The normalized spacial score (nSPS) is 10.7. The van der Waals surface area contributed by atoms with Gasteiger partial charge in [0, 0.05) is 44.2 Å². The van der Waals surface area contributed by atoms with Crippen molar-refractivity contribution in [1.29, 1.82) is 0 Å². The fourth-order valence-corrected chi connectivity index (χ4v) is 2.39. The maximum atomic E-state index is 12.3. The molecule has 118 valence electrons. The Morgan fingerprint density at radius 2 is 2.00 bits per heavy atom. The summed E-state index contributed by atoms with van der Waals surface area (Å²) in [5.41, 5.74) is 2.92. The first-order valence-corrected chi connectivity index (χ1v) is 7.42. The highest BCUT2D eigenvalue weighted by atomic mass is 16.2. The molecule has 6 nitrogen and oxygen atoms in total. The van der Waals surface area contributed by atoms with Gasteiger partial charge in [0.05, 0.1) is 11.9 Å². The molecule has 0 aliphatic heterocycles. The fraction of sp³-hybridized carbons (Fsp3) is 0.235. The molecule has 6 heteroatoms. The van der Waals surface area contributed by atoms with E-state index in [0.29, 0.717) is 6.54 Å². The van der Waals surface area contributed by atoms with Crippen LogP contribution >= 0.6 is 0 Å². The second-order valence-electron chi connectivity index (χ2n) is 5.54. The molecular formula is C17H19N5O. The summed E-state index contributed by atoms with van der Waals surface area (Å²) in [4.78, 5) is 14.0. The first-order chi connectivity index (χ1) is 11.1. The third-order valence-electron chi connectivity index (χ3n) is 3.61. The van der Waals surface area contributed by atoms with Crippen molar-refractivity contribution in [3.8, 4) is 11.3 Å². The van der Waals surface area contributed by atoms with E-state index < -0.39 is 0 Å². The van der Waals surface area contributed by atoms with E-state index in [0.717, 1.165) is 16.8 Å². The second kappa shape index (κ2) is 6.48. The molecule has 3 aromatic rings. The number of amides is 1. The van der Waals surface area contributed by atoms with E-state index in [2.05, 4.69) is 10.2 Å². The lowest BCUT2D eigenvalue weighted by atomic mass is 10.2. The van der Waals surface area contributed by atoms with Gasteiger partial charge in [-0.15, -0.1) is 0 Å². The third-order valence-corrected chi connectivity index (χ3v) is 3.61. The van der Waals surface area contributed by atoms with Gasteiger partial charge in [0.25, 0.3) is 0 Å². The molecule has 0 spiro atoms. The van der Waals surface area contributed by atoms with E-state index in [9.17, 15) is 4.79 Å². The Hall–Kier alpha value is -2.89. The minimum atomic E-state index is 0.0107. The van der Waals surface area contributed by atoms with E-state index >= 15 is 0 Å². The van der Waals surface area contributed by atoms with E-state index in [4.69, 9.17) is 0 Å². The molecular weight excluding hydrogens is 290 g/mol. The van der Waals surface area contributed by atoms with E-state index in [-0.39, 0.29) is 12.5 Å². The van der Waals surface area contributed by atoms with Crippen LogP contribution in [0, 0.1) is 0 Å². The van der Waals surface area contributed by atoms with E-state index in [1.807, 2.05) is 55.8 Å². The highest BCUT2D eigenvalue weighted by Crippen LogP contribution is 2.15. The summed E-state index contributed by atoms with van der Waals surface area (Å²) in [5.74, 6) is 0.0107. The summed E-state index contributed by atoms with van der Waals surface area (Å²) in [6.45, 7) is 0.767. The molecule has 2 heterocycles. The van der Waals surface area contributed by atoms with Crippen LogP contribution in [0.25, 0.3) is 11.3 Å². The van der Waals surface area contributed by atoms with Crippen LogP contribution in [-0.2, 0) is 24.9 Å². The molecule has 0 N–H and O–H groups in total. The van der Waals surface area contributed by atoms with Crippen LogP contribution in [0.15, 0.2) is 55.0 Å². The van der Waals surface area contributed by atoms with Crippen molar-refractivity contribution in [3.05, 3.63) is 60.6 Å². The Labute approximate surface area is 135 Å². The SMILES string of the molecule is CN(Cc1cnn(C)c1)C(=O)Cn1ccc(-c2ccccc2)n1. The lowest BCUT2D eigenvalue weighted by molar-refractivity contribution is -0.131. The Morgan fingerprint density at radius 3 is 2.70 bits per heavy atom. The zero-order valence-electron chi connectivity index (χ0n) is 13.3. The van der Waals surface area contributed by atoms with Crippen molar-refractivity contribution in [2.24, 2.45) is 7.05 Å². The van der Waals surface area contributed by atoms with Crippen LogP contribution in [0.4, 0.5) is 0 Å². The number of aryl methyl sites for hydroxylation is 1. The van der Waals surface area contributed by atoms with Crippen LogP contribution in [0.5, 0.6) is 0 Å². The number of hydrogen-bond donors (Lipinski definition) is 0. The zero-order chi connectivity index (χ0) is 16.2. The van der Waals surface area contributed by atoms with Crippen molar-refractivity contribution in [2.45, 2.75) is 13.1 Å². The molecule has 0 saturated heterocycles. The number of aromatic nitrogens is 4. The van der Waals surface area contributed by atoms with Gasteiger partial charge >= 0.3 is 0 Å². The van der Waals surface area contributed by atoms with Crippen LogP contribution in [0.2, 0.25) is 0 Å². The summed E-state index contributed by atoms with van der Waals surface area (Å²) >= 11 is 0. The maximum absolute atomic E-state index is 12.3. The van der Waals surface area contributed by atoms with Gasteiger partial charge in [-0.3, -0.25) is 14.2 Å². The Kier molecular flexibility index (Phi) is 4.23. The van der Waals surface area contributed by atoms with Crippen molar-refractivity contribution < 1.29 is 4.79 Å². The van der Waals surface area contributed by atoms with Gasteiger partial charge in [0.1, 0.15) is 6.54 Å². The molecule has 23 heavy (non-hydrogen) atoms. The van der Waals surface area contributed by atoms with Gasteiger partial charge in [-0.2, -0.15) is 10.2 Å². The van der Waals surface area contributed by atoms with Crippen LogP contribution in [0.3, 0.4) is 0 Å². The summed E-state index contributed by atoms with van der Waals surface area (Å²) in [6, 6.07) is 11.8. The van der Waals surface area contributed by atoms with Gasteiger partial charge in [-0.05, 0) is 6.07 Å². The highest BCUT2D eigenvalue weighted by Gasteiger charge is 2.12. The molecule has 3 rings (SSSR count). The van der Waals surface area contributed by atoms with Gasteiger partial charge in [-0.1, -0.05) is 30.3 Å². The summed E-state index contributed by atoms with van der Waals surface area (Å²) in [6.07, 6.45) is 5.51. The average Bonchev–Trinajstić information content (AvgIpc) is 3.17. The molecule has 0 fully saturated rings. The number of benzene rings is 1. The minimum absolute atomic E-state index is 0.0107. The van der Waals surface area contributed by atoms with Gasteiger partial charge in [-0.25, -0.2) is 0 Å². The first kappa shape index (κ1) is 15.0. The third kappa shape index (κ3) is 3.66. The van der Waals surface area contributed by atoms with Gasteiger partial charge in [0.2, 0.25) is 5.91 Å². The standard InChI is InChI=1S/C17H19N5O/c1-20(11-14-10-18-21(2)12-14)17(23)13-22-9-8-16(19-22)15-6-4-3-5-7-15/h3-10,12H,11,13H2,1-2H3. The highest BCUT2D eigenvalue weighted by molar-refractivity contribution is 5.75. The molecule has 0 aliphatic rings. The van der Waals surface area contributed by atoms with Crippen molar-refractivity contribution in [3.63, 3.8) is 0 Å². The molecule has 0 aliphatic carbocycles. The fourth-order valence-electron chi connectivity index (χ4n) is 2.39. The number of hydrogen-bond acceptors (Lipinski definition) is 3. The van der Waals surface area contributed by atoms with Crippen molar-refractivity contribution in [1.82, 2.24) is 24.5 Å². The van der Waals surface area contributed by atoms with E-state index in [1.165, 1.54) is 0 Å². The average molecular weight is 309 g/mol. The molecule has 0 unspecified atom stereocenters.